The first-order valence-corrected chi connectivity index (χ1v) is 9.95. The topological polar surface area (TPSA) is 33.4 Å². The molecule has 0 aliphatic heterocycles. The molecule has 3 rings (SSSR count). The number of nitrogens with zero attached hydrogens (tertiary/aromatic N) is 4. The van der Waals surface area contributed by atoms with Gasteiger partial charge < -0.3 is 9.47 Å². The van der Waals surface area contributed by atoms with E-state index < -0.39 is 0 Å². The second-order valence-corrected chi connectivity index (χ2v) is 6.95. The zero-order valence-electron chi connectivity index (χ0n) is 14.6. The number of anilines is 1. The average Bonchev–Trinajstić information content (AvgIpc) is 3.22. The summed E-state index contributed by atoms with van der Waals surface area (Å²) in [6.45, 7) is 1.44. The van der Waals surface area contributed by atoms with E-state index >= 15 is 0 Å². The number of rotatable bonds is 8. The molecular formula is C20H19Cl3N4. The molecular weight excluding hydrogens is 403 g/mol. The number of hydrogen-bond donors (Lipinski definition) is 0. The fourth-order valence-corrected chi connectivity index (χ4v) is 3.36. The SMILES string of the molecule is ClCCN(CCCl)c1ccc(C=Nc2ccccc2-n2ccnc2)c(Cl)c1. The zero-order chi connectivity index (χ0) is 19.1. The number of aromatic nitrogens is 2. The predicted molar refractivity (Wildman–Crippen MR) is 116 cm³/mol. The lowest BCUT2D eigenvalue weighted by molar-refractivity contribution is 0.874. The van der Waals surface area contributed by atoms with Crippen LogP contribution in [0.3, 0.4) is 0 Å². The molecule has 0 N–H and O–H groups in total. The first-order chi connectivity index (χ1) is 13.2. The van der Waals surface area contributed by atoms with Gasteiger partial charge in [0, 0.05) is 54.7 Å². The van der Waals surface area contributed by atoms with E-state index in [2.05, 4.69) is 14.9 Å². The highest BCUT2D eigenvalue weighted by Crippen LogP contribution is 2.26. The molecule has 1 aromatic heterocycles. The van der Waals surface area contributed by atoms with Crippen molar-refractivity contribution in [3.05, 3.63) is 71.8 Å². The normalized spacial score (nSPS) is 11.2. The molecule has 0 saturated heterocycles. The highest BCUT2D eigenvalue weighted by Gasteiger charge is 2.08. The number of benzene rings is 2. The number of alkyl halides is 2. The van der Waals surface area contributed by atoms with E-state index in [1.165, 1.54) is 0 Å². The molecule has 1 heterocycles. The van der Waals surface area contributed by atoms with Gasteiger partial charge in [0.05, 0.1) is 22.7 Å². The Morgan fingerprint density at radius 2 is 1.85 bits per heavy atom. The second kappa shape index (κ2) is 9.79. The van der Waals surface area contributed by atoms with E-state index in [1.807, 2.05) is 53.2 Å². The van der Waals surface area contributed by atoms with Crippen molar-refractivity contribution in [2.75, 3.05) is 29.7 Å². The minimum absolute atomic E-state index is 0.531. The molecule has 140 valence electrons. The van der Waals surface area contributed by atoms with Gasteiger partial charge in [-0.15, -0.1) is 23.2 Å². The Kier molecular flexibility index (Phi) is 7.16. The molecule has 2 aromatic carbocycles. The van der Waals surface area contributed by atoms with Crippen LogP contribution in [0.4, 0.5) is 11.4 Å². The molecule has 3 aromatic rings. The summed E-state index contributed by atoms with van der Waals surface area (Å²) in [4.78, 5) is 10.8. The van der Waals surface area contributed by atoms with Crippen molar-refractivity contribution in [3.8, 4) is 5.69 Å². The standard InChI is InChI=1S/C20H19Cl3N4/c21-7-10-26(11-8-22)17-6-5-16(18(23)13-17)14-25-19-3-1-2-4-20(19)27-12-9-24-15-27/h1-6,9,12-15H,7-8,10-11H2. The maximum atomic E-state index is 6.48. The molecule has 0 unspecified atom stereocenters. The van der Waals surface area contributed by atoms with Crippen molar-refractivity contribution in [2.24, 2.45) is 4.99 Å². The molecule has 0 amide bonds. The average molecular weight is 422 g/mol. The Balaban J connectivity index is 1.84. The molecule has 0 atom stereocenters. The summed E-state index contributed by atoms with van der Waals surface area (Å²) >= 11 is 18.2. The largest absolute Gasteiger partial charge is 0.369 e. The molecule has 0 bridgehead atoms. The number of aliphatic imine (C=N–C) groups is 1. The van der Waals surface area contributed by atoms with E-state index in [0.29, 0.717) is 16.8 Å². The zero-order valence-corrected chi connectivity index (χ0v) is 16.9. The summed E-state index contributed by atoms with van der Waals surface area (Å²) in [5.41, 5.74) is 3.63. The van der Waals surface area contributed by atoms with Gasteiger partial charge in [-0.25, -0.2) is 4.98 Å². The predicted octanol–water partition coefficient (Wildman–Crippen LogP) is 5.56. The van der Waals surface area contributed by atoms with Gasteiger partial charge in [0.15, 0.2) is 0 Å². The maximum Gasteiger partial charge on any atom is 0.0992 e. The molecule has 0 saturated carbocycles. The van der Waals surface area contributed by atoms with Crippen molar-refractivity contribution in [1.29, 1.82) is 0 Å². The Labute approximate surface area is 174 Å². The van der Waals surface area contributed by atoms with Crippen molar-refractivity contribution < 1.29 is 0 Å². The van der Waals surface area contributed by atoms with E-state index in [-0.39, 0.29) is 0 Å². The van der Waals surface area contributed by atoms with Crippen molar-refractivity contribution in [2.45, 2.75) is 0 Å². The maximum absolute atomic E-state index is 6.48. The molecule has 0 radical (unpaired) electrons. The van der Waals surface area contributed by atoms with E-state index in [4.69, 9.17) is 34.8 Å². The highest BCUT2D eigenvalue weighted by molar-refractivity contribution is 6.33. The Hall–Kier alpha value is -2.01. The van der Waals surface area contributed by atoms with Crippen molar-refractivity contribution >= 4 is 52.4 Å². The lowest BCUT2D eigenvalue weighted by Crippen LogP contribution is -2.27. The number of hydrogen-bond acceptors (Lipinski definition) is 3. The summed E-state index contributed by atoms with van der Waals surface area (Å²) in [7, 11) is 0. The fraction of sp³-hybridized carbons (Fsp3) is 0.200. The van der Waals surface area contributed by atoms with Gasteiger partial charge in [0.1, 0.15) is 0 Å². The summed E-state index contributed by atoms with van der Waals surface area (Å²) in [5.74, 6) is 1.06. The molecule has 0 fully saturated rings. The van der Waals surface area contributed by atoms with Crippen molar-refractivity contribution in [1.82, 2.24) is 9.55 Å². The smallest absolute Gasteiger partial charge is 0.0992 e. The van der Waals surface area contributed by atoms with Crippen molar-refractivity contribution in [3.63, 3.8) is 0 Å². The van der Waals surface area contributed by atoms with Crippen LogP contribution in [0.1, 0.15) is 5.56 Å². The number of halogens is 3. The fourth-order valence-electron chi connectivity index (χ4n) is 2.72. The van der Waals surface area contributed by atoms with Crippen LogP contribution in [0, 0.1) is 0 Å². The summed E-state index contributed by atoms with van der Waals surface area (Å²) in [6.07, 6.45) is 7.15. The number of imidazole rings is 1. The van der Waals surface area contributed by atoms with Crippen LogP contribution >= 0.6 is 34.8 Å². The molecule has 0 aliphatic carbocycles. The Morgan fingerprint density at radius 1 is 1.07 bits per heavy atom. The van der Waals surface area contributed by atoms with Crippen LogP contribution in [0.15, 0.2) is 66.2 Å². The quantitative estimate of drug-likeness (QED) is 0.352. The second-order valence-electron chi connectivity index (χ2n) is 5.79. The van der Waals surface area contributed by atoms with Crippen LogP contribution in [0.2, 0.25) is 5.02 Å². The minimum Gasteiger partial charge on any atom is -0.369 e. The summed E-state index contributed by atoms with van der Waals surface area (Å²) in [6, 6.07) is 13.8. The Bertz CT molecular complexity index is 888. The summed E-state index contributed by atoms with van der Waals surface area (Å²) in [5, 5.41) is 0.630. The van der Waals surface area contributed by atoms with E-state index in [0.717, 1.165) is 35.7 Å². The lowest BCUT2D eigenvalue weighted by atomic mass is 10.2. The first-order valence-electron chi connectivity index (χ1n) is 8.51. The third-order valence-electron chi connectivity index (χ3n) is 4.07. The van der Waals surface area contributed by atoms with Gasteiger partial charge in [-0.05, 0) is 30.3 Å². The monoisotopic (exact) mass is 420 g/mol. The van der Waals surface area contributed by atoms with Gasteiger partial charge >= 0.3 is 0 Å². The molecule has 4 nitrogen and oxygen atoms in total. The lowest BCUT2D eigenvalue weighted by Gasteiger charge is -2.23. The van der Waals surface area contributed by atoms with Gasteiger partial charge in [-0.3, -0.25) is 4.99 Å². The molecule has 0 aliphatic rings. The highest BCUT2D eigenvalue weighted by atomic mass is 35.5. The van der Waals surface area contributed by atoms with Gasteiger partial charge in [0.2, 0.25) is 0 Å². The molecule has 7 heteroatoms. The Morgan fingerprint density at radius 3 is 2.52 bits per heavy atom. The third kappa shape index (κ3) is 5.04. The van der Waals surface area contributed by atoms with E-state index in [9.17, 15) is 0 Å². The van der Waals surface area contributed by atoms with Crippen LogP contribution in [-0.2, 0) is 0 Å². The minimum atomic E-state index is 0.531. The summed E-state index contributed by atoms with van der Waals surface area (Å²) < 4.78 is 1.92. The third-order valence-corrected chi connectivity index (χ3v) is 4.73. The van der Waals surface area contributed by atoms with Crippen LogP contribution in [-0.4, -0.2) is 40.6 Å². The van der Waals surface area contributed by atoms with Crippen LogP contribution < -0.4 is 4.90 Å². The molecule has 0 spiro atoms. The first kappa shape index (κ1) is 19.7. The number of para-hydroxylation sites is 2. The van der Waals surface area contributed by atoms with Crippen LogP contribution in [0.5, 0.6) is 0 Å². The van der Waals surface area contributed by atoms with Gasteiger partial charge in [0.25, 0.3) is 0 Å². The van der Waals surface area contributed by atoms with Gasteiger partial charge in [-0.2, -0.15) is 0 Å². The molecule has 27 heavy (non-hydrogen) atoms. The van der Waals surface area contributed by atoms with Gasteiger partial charge in [-0.1, -0.05) is 23.7 Å². The van der Waals surface area contributed by atoms with E-state index in [1.54, 1.807) is 18.7 Å². The van der Waals surface area contributed by atoms with Crippen LogP contribution in [0.25, 0.3) is 5.69 Å².